The molecule has 0 saturated carbocycles. The van der Waals surface area contributed by atoms with Crippen molar-refractivity contribution in [2.75, 3.05) is 5.73 Å². The lowest BCUT2D eigenvalue weighted by Crippen LogP contribution is -2.08. The highest BCUT2D eigenvalue weighted by Crippen LogP contribution is 2.25. The fraction of sp³-hybridized carbons (Fsp3) is 0.462. The Morgan fingerprint density at radius 3 is 2.60 bits per heavy atom. The van der Waals surface area contributed by atoms with Crippen LogP contribution in [-0.2, 0) is 6.54 Å². The van der Waals surface area contributed by atoms with Crippen LogP contribution in [0.1, 0.15) is 24.8 Å². The number of nitrogen functional groups attached to an aromatic ring is 1. The molecule has 0 spiro atoms. The number of aryl methyl sites for hydroxylation is 2. The van der Waals surface area contributed by atoms with Crippen LogP contribution in [0.2, 0.25) is 0 Å². The molecule has 1 aromatic heterocycles. The van der Waals surface area contributed by atoms with Crippen LogP contribution in [0, 0.1) is 12.7 Å². The van der Waals surface area contributed by atoms with E-state index in [1.54, 1.807) is 17.6 Å². The first-order chi connectivity index (χ1) is 9.28. The fourth-order valence-electron chi connectivity index (χ4n) is 2.10. The van der Waals surface area contributed by atoms with Crippen molar-refractivity contribution >= 4 is 17.0 Å². The first-order valence-electron chi connectivity index (χ1n) is 6.26. The van der Waals surface area contributed by atoms with Crippen LogP contribution < -0.4 is 5.73 Å². The average molecular weight is 289 g/mol. The van der Waals surface area contributed by atoms with Gasteiger partial charge in [-0.1, -0.05) is 0 Å². The molecular formula is C13H15F4N3. The van der Waals surface area contributed by atoms with Gasteiger partial charge in [0.15, 0.2) is 0 Å². The van der Waals surface area contributed by atoms with Crippen molar-refractivity contribution < 1.29 is 17.6 Å². The van der Waals surface area contributed by atoms with E-state index >= 15 is 0 Å². The molecule has 0 aliphatic rings. The van der Waals surface area contributed by atoms with Crippen LogP contribution in [0.3, 0.4) is 0 Å². The maximum absolute atomic E-state index is 13.4. The first-order valence-corrected chi connectivity index (χ1v) is 6.26. The van der Waals surface area contributed by atoms with Crippen LogP contribution in [0.25, 0.3) is 11.0 Å². The van der Waals surface area contributed by atoms with Gasteiger partial charge in [-0.3, -0.25) is 0 Å². The molecule has 20 heavy (non-hydrogen) atoms. The minimum absolute atomic E-state index is 0.0305. The molecule has 2 aromatic rings. The number of aromatic nitrogens is 2. The zero-order valence-electron chi connectivity index (χ0n) is 11.0. The minimum Gasteiger partial charge on any atom is -0.369 e. The summed E-state index contributed by atoms with van der Waals surface area (Å²) >= 11 is 0. The number of hydrogen-bond donors (Lipinski definition) is 1. The fourth-order valence-corrected chi connectivity index (χ4v) is 2.10. The number of hydrogen-bond acceptors (Lipinski definition) is 2. The maximum atomic E-state index is 13.4. The number of unbranched alkanes of at least 4 members (excludes halogenated alkanes) is 1. The van der Waals surface area contributed by atoms with Gasteiger partial charge in [0.05, 0.1) is 11.0 Å². The normalized spacial score (nSPS) is 12.2. The molecule has 0 bridgehead atoms. The van der Waals surface area contributed by atoms with Crippen molar-refractivity contribution in [1.82, 2.24) is 9.55 Å². The van der Waals surface area contributed by atoms with Crippen molar-refractivity contribution in [2.24, 2.45) is 0 Å². The summed E-state index contributed by atoms with van der Waals surface area (Å²) in [6.07, 6.45) is -4.58. The molecule has 2 rings (SSSR count). The molecule has 0 saturated heterocycles. The van der Waals surface area contributed by atoms with E-state index in [0.717, 1.165) is 0 Å². The lowest BCUT2D eigenvalue weighted by atomic mass is 10.2. The number of halogens is 4. The molecule has 0 aliphatic carbocycles. The van der Waals surface area contributed by atoms with Gasteiger partial charge in [-0.2, -0.15) is 13.2 Å². The molecule has 110 valence electrons. The van der Waals surface area contributed by atoms with Crippen LogP contribution in [0.4, 0.5) is 23.5 Å². The monoisotopic (exact) mass is 289 g/mol. The summed E-state index contributed by atoms with van der Waals surface area (Å²) in [5, 5.41) is 0. The van der Waals surface area contributed by atoms with Gasteiger partial charge in [0.2, 0.25) is 5.95 Å². The Morgan fingerprint density at radius 1 is 1.25 bits per heavy atom. The summed E-state index contributed by atoms with van der Waals surface area (Å²) in [6, 6.07) is 2.89. The molecule has 0 atom stereocenters. The highest BCUT2D eigenvalue weighted by molar-refractivity contribution is 5.79. The lowest BCUT2D eigenvalue weighted by molar-refractivity contribution is -0.135. The second-order valence-electron chi connectivity index (χ2n) is 4.78. The Hall–Kier alpha value is -1.79. The summed E-state index contributed by atoms with van der Waals surface area (Å²) < 4.78 is 51.2. The Bertz CT molecular complexity index is 616. The SMILES string of the molecule is Cc1cc2c(cc1F)nc(N)n2CCCCC(F)(F)F. The second kappa shape index (κ2) is 5.30. The van der Waals surface area contributed by atoms with Crippen molar-refractivity contribution in [1.29, 1.82) is 0 Å². The molecule has 2 N–H and O–H groups in total. The van der Waals surface area contributed by atoms with Gasteiger partial charge in [0, 0.05) is 19.0 Å². The Balaban J connectivity index is 2.14. The smallest absolute Gasteiger partial charge is 0.369 e. The van der Waals surface area contributed by atoms with Gasteiger partial charge in [0.25, 0.3) is 0 Å². The van der Waals surface area contributed by atoms with Gasteiger partial charge in [-0.25, -0.2) is 9.37 Å². The third-order valence-electron chi connectivity index (χ3n) is 3.15. The quantitative estimate of drug-likeness (QED) is 0.687. The van der Waals surface area contributed by atoms with Crippen molar-refractivity contribution in [2.45, 2.75) is 38.9 Å². The van der Waals surface area contributed by atoms with Gasteiger partial charge in [0.1, 0.15) is 5.82 Å². The third-order valence-corrected chi connectivity index (χ3v) is 3.15. The first kappa shape index (κ1) is 14.6. The predicted molar refractivity (Wildman–Crippen MR) is 68.7 cm³/mol. The van der Waals surface area contributed by atoms with Crippen LogP contribution in [0.15, 0.2) is 12.1 Å². The minimum atomic E-state index is -4.14. The lowest BCUT2D eigenvalue weighted by Gasteiger charge is -2.08. The van der Waals surface area contributed by atoms with Gasteiger partial charge < -0.3 is 10.3 Å². The summed E-state index contributed by atoms with van der Waals surface area (Å²) in [4.78, 5) is 4.02. The number of fused-ring (bicyclic) bond motifs is 1. The summed E-state index contributed by atoms with van der Waals surface area (Å²) in [5.74, 6) is -0.184. The molecule has 0 unspecified atom stereocenters. The van der Waals surface area contributed by atoms with E-state index in [-0.39, 0.29) is 18.2 Å². The van der Waals surface area contributed by atoms with Gasteiger partial charge in [-0.05, 0) is 31.4 Å². The maximum Gasteiger partial charge on any atom is 0.389 e. The van der Waals surface area contributed by atoms with Crippen LogP contribution >= 0.6 is 0 Å². The molecule has 0 aliphatic heterocycles. The number of nitrogens with zero attached hydrogens (tertiary/aromatic N) is 2. The molecular weight excluding hydrogens is 274 g/mol. The third kappa shape index (κ3) is 3.20. The second-order valence-corrected chi connectivity index (χ2v) is 4.78. The number of nitrogens with two attached hydrogens (primary N) is 1. The summed E-state index contributed by atoms with van der Waals surface area (Å²) in [5.41, 5.74) is 7.25. The van der Waals surface area contributed by atoms with E-state index in [0.29, 0.717) is 29.6 Å². The number of benzene rings is 1. The van der Waals surface area contributed by atoms with E-state index in [4.69, 9.17) is 5.73 Å². The zero-order valence-corrected chi connectivity index (χ0v) is 11.0. The molecule has 0 fully saturated rings. The van der Waals surface area contributed by atoms with Crippen molar-refractivity contribution in [3.63, 3.8) is 0 Å². The molecule has 1 heterocycles. The van der Waals surface area contributed by atoms with E-state index in [1.165, 1.54) is 6.07 Å². The number of alkyl halides is 3. The highest BCUT2D eigenvalue weighted by Gasteiger charge is 2.25. The van der Waals surface area contributed by atoms with Crippen LogP contribution in [-0.4, -0.2) is 15.7 Å². The molecule has 3 nitrogen and oxygen atoms in total. The highest BCUT2D eigenvalue weighted by atomic mass is 19.4. The van der Waals surface area contributed by atoms with Crippen molar-refractivity contribution in [3.8, 4) is 0 Å². The van der Waals surface area contributed by atoms with Crippen LogP contribution in [0.5, 0.6) is 0 Å². The Kier molecular flexibility index (Phi) is 3.87. The van der Waals surface area contributed by atoms with Gasteiger partial charge >= 0.3 is 6.18 Å². The van der Waals surface area contributed by atoms with E-state index < -0.39 is 12.6 Å². The standard InChI is InChI=1S/C13H15F4N3/c1-8-6-11-10(7-9(8)14)19-12(18)20(11)5-3-2-4-13(15,16)17/h6-7H,2-5H2,1H3,(H2,18,19). The Morgan fingerprint density at radius 2 is 1.95 bits per heavy atom. The summed E-state index contributed by atoms with van der Waals surface area (Å²) in [7, 11) is 0. The number of rotatable bonds is 4. The molecule has 0 radical (unpaired) electrons. The molecule has 7 heteroatoms. The van der Waals surface area contributed by atoms with Crippen molar-refractivity contribution in [3.05, 3.63) is 23.5 Å². The average Bonchev–Trinajstić information content (AvgIpc) is 2.60. The largest absolute Gasteiger partial charge is 0.389 e. The number of anilines is 1. The molecule has 1 aromatic carbocycles. The molecule has 0 amide bonds. The Labute approximate surface area is 113 Å². The van der Waals surface area contributed by atoms with Gasteiger partial charge in [-0.15, -0.1) is 0 Å². The van der Waals surface area contributed by atoms with E-state index in [9.17, 15) is 17.6 Å². The zero-order chi connectivity index (χ0) is 14.9. The summed E-state index contributed by atoms with van der Waals surface area (Å²) in [6.45, 7) is 1.95. The van der Waals surface area contributed by atoms with E-state index in [2.05, 4.69) is 4.98 Å². The topological polar surface area (TPSA) is 43.8 Å². The predicted octanol–water partition coefficient (Wildman–Crippen LogP) is 3.80. The van der Waals surface area contributed by atoms with E-state index in [1.807, 2.05) is 0 Å². The number of imidazole rings is 1.